The molecule has 2 rings (SSSR count). The van der Waals surface area contributed by atoms with E-state index in [2.05, 4.69) is 10.6 Å². The number of thiophene rings is 1. The largest absolute Gasteiger partial charge is 0.362 e. The lowest BCUT2D eigenvalue weighted by Gasteiger charge is -2.45. The molecule has 1 aromatic rings. The molecule has 0 radical (unpaired) electrons. The van der Waals surface area contributed by atoms with Crippen LogP contribution in [0.1, 0.15) is 10.9 Å². The summed E-state index contributed by atoms with van der Waals surface area (Å²) in [5.41, 5.74) is 3.09. The third kappa shape index (κ3) is 3.33. The lowest BCUT2D eigenvalue weighted by molar-refractivity contribution is -0.180. The minimum absolute atomic E-state index is 0.137. The summed E-state index contributed by atoms with van der Waals surface area (Å²) in [7, 11) is -3.67. The minimum Gasteiger partial charge on any atom is -0.352 e. The lowest BCUT2D eigenvalue weighted by atomic mass is 10.1. The Morgan fingerprint density at radius 3 is 2.62 bits per heavy atom. The number of β-lactam (4-membered cyclic amide) rings is 1. The van der Waals surface area contributed by atoms with E-state index in [1.165, 1.54) is 0 Å². The Labute approximate surface area is 140 Å². The molecule has 1 aliphatic heterocycles. The first-order valence-electron chi connectivity index (χ1n) is 6.37. The molecule has 0 bridgehead atoms. The van der Waals surface area contributed by atoms with E-state index in [0.29, 0.717) is 4.88 Å². The molecule has 0 aliphatic carbocycles. The van der Waals surface area contributed by atoms with Gasteiger partial charge in [-0.3, -0.25) is 14.1 Å². The molecule has 11 nitrogen and oxygen atoms in total. The molecule has 13 heteroatoms. The predicted octanol–water partition coefficient (Wildman–Crippen LogP) is -1.44. The van der Waals surface area contributed by atoms with E-state index < -0.39 is 46.5 Å². The Hall–Kier alpha value is -2.22. The fourth-order valence-corrected chi connectivity index (χ4v) is 3.54. The first-order chi connectivity index (χ1) is 11.1. The Bertz CT molecular complexity index is 763. The van der Waals surface area contributed by atoms with Crippen LogP contribution < -0.4 is 16.4 Å². The Kier molecular flexibility index (Phi) is 4.80. The highest BCUT2D eigenvalue weighted by molar-refractivity contribution is 7.84. The zero-order chi connectivity index (χ0) is 18.1. The van der Waals surface area contributed by atoms with Crippen molar-refractivity contribution in [2.24, 2.45) is 5.73 Å². The van der Waals surface area contributed by atoms with Crippen molar-refractivity contribution in [3.63, 3.8) is 0 Å². The van der Waals surface area contributed by atoms with E-state index in [0.717, 1.165) is 18.4 Å². The van der Waals surface area contributed by atoms with E-state index in [-0.39, 0.29) is 4.31 Å². The van der Waals surface area contributed by atoms with Crippen molar-refractivity contribution in [3.8, 4) is 0 Å². The summed E-state index contributed by atoms with van der Waals surface area (Å²) in [4.78, 5) is 35.9. The highest BCUT2D eigenvalue weighted by Crippen LogP contribution is 2.28. The van der Waals surface area contributed by atoms with Gasteiger partial charge in [0.15, 0.2) is 0 Å². The summed E-state index contributed by atoms with van der Waals surface area (Å²) in [6.45, 7) is -0.610. The van der Waals surface area contributed by atoms with E-state index in [9.17, 15) is 22.8 Å². The van der Waals surface area contributed by atoms with Crippen molar-refractivity contribution < 1.29 is 32.1 Å². The molecular formula is C11H14N4O7S2. The van der Waals surface area contributed by atoms with Crippen LogP contribution in [0.3, 0.4) is 0 Å². The summed E-state index contributed by atoms with van der Waals surface area (Å²) in [5.74, 6) is -1.99. The smallest absolute Gasteiger partial charge is 0.352 e. The Morgan fingerprint density at radius 2 is 2.21 bits per heavy atom. The topological polar surface area (TPSA) is 168 Å². The average molecular weight is 378 g/mol. The second-order valence-corrected chi connectivity index (χ2v) is 7.08. The molecule has 1 fully saturated rings. The summed E-state index contributed by atoms with van der Waals surface area (Å²) in [6, 6.07) is 1.05. The molecule has 0 saturated carbocycles. The molecule has 0 aromatic carbocycles. The van der Waals surface area contributed by atoms with Crippen molar-refractivity contribution >= 4 is 39.5 Å². The SMILES string of the molecule is CO[C@]1(NC(=O)[C@H](NC(N)=O)c2cccs2)CN(S(=O)(=O)O)C1=O. The molecule has 1 aliphatic rings. The number of methoxy groups -OCH3 is 1. The van der Waals surface area contributed by atoms with Gasteiger partial charge in [-0.15, -0.1) is 11.3 Å². The van der Waals surface area contributed by atoms with Crippen LogP contribution in [0, 0.1) is 0 Å². The first kappa shape index (κ1) is 18.1. The molecule has 0 unspecified atom stereocenters. The summed E-state index contributed by atoms with van der Waals surface area (Å²) in [5, 5.41) is 6.12. The fraction of sp³-hybridized carbons (Fsp3) is 0.364. The van der Waals surface area contributed by atoms with Crippen LogP contribution in [-0.2, 0) is 24.6 Å². The first-order valence-corrected chi connectivity index (χ1v) is 8.64. The molecular weight excluding hydrogens is 364 g/mol. The van der Waals surface area contributed by atoms with Crippen LogP contribution >= 0.6 is 11.3 Å². The van der Waals surface area contributed by atoms with Gasteiger partial charge in [0.2, 0.25) is 5.72 Å². The Morgan fingerprint density at radius 1 is 1.54 bits per heavy atom. The van der Waals surface area contributed by atoms with Gasteiger partial charge in [0.25, 0.3) is 11.8 Å². The molecule has 132 valence electrons. The third-order valence-corrected chi connectivity index (χ3v) is 5.06. The number of nitrogens with zero attached hydrogens (tertiary/aromatic N) is 1. The van der Waals surface area contributed by atoms with Gasteiger partial charge in [-0.25, -0.2) is 9.10 Å². The van der Waals surface area contributed by atoms with Gasteiger partial charge in [0, 0.05) is 12.0 Å². The second kappa shape index (κ2) is 6.35. The maximum Gasteiger partial charge on any atom is 0.362 e. The van der Waals surface area contributed by atoms with Crippen molar-refractivity contribution in [3.05, 3.63) is 22.4 Å². The number of carbonyl (C=O) groups is 3. The van der Waals surface area contributed by atoms with Crippen LogP contribution in [0.5, 0.6) is 0 Å². The Balaban J connectivity index is 2.20. The predicted molar refractivity (Wildman–Crippen MR) is 80.9 cm³/mol. The van der Waals surface area contributed by atoms with Crippen LogP contribution in [0.2, 0.25) is 0 Å². The summed E-state index contributed by atoms with van der Waals surface area (Å²) < 4.78 is 35.9. The summed E-state index contributed by atoms with van der Waals surface area (Å²) in [6.07, 6.45) is 0. The van der Waals surface area contributed by atoms with Crippen LogP contribution in [0.15, 0.2) is 17.5 Å². The molecule has 24 heavy (non-hydrogen) atoms. The number of amides is 4. The van der Waals surface area contributed by atoms with Crippen molar-refractivity contribution in [2.75, 3.05) is 13.7 Å². The van der Waals surface area contributed by atoms with Gasteiger partial charge in [-0.1, -0.05) is 6.07 Å². The van der Waals surface area contributed by atoms with Gasteiger partial charge >= 0.3 is 16.3 Å². The maximum atomic E-state index is 12.4. The van der Waals surface area contributed by atoms with E-state index in [4.69, 9.17) is 15.0 Å². The number of nitrogens with one attached hydrogen (secondary N) is 2. The van der Waals surface area contributed by atoms with Crippen LogP contribution in [0.4, 0.5) is 4.79 Å². The molecule has 2 atom stereocenters. The number of urea groups is 1. The quantitative estimate of drug-likeness (QED) is 0.267. The number of carbonyl (C=O) groups excluding carboxylic acids is 3. The highest BCUT2D eigenvalue weighted by atomic mass is 32.2. The van der Waals surface area contributed by atoms with E-state index in [1.807, 2.05) is 0 Å². The van der Waals surface area contributed by atoms with Gasteiger partial charge in [-0.2, -0.15) is 8.42 Å². The monoisotopic (exact) mass is 378 g/mol. The number of nitrogens with two attached hydrogens (primary N) is 1. The number of primary amides is 1. The van der Waals surface area contributed by atoms with Crippen LogP contribution in [-0.4, -0.2) is 54.5 Å². The molecule has 4 amide bonds. The highest BCUT2D eigenvalue weighted by Gasteiger charge is 2.59. The lowest BCUT2D eigenvalue weighted by Crippen LogP contribution is -2.76. The maximum absolute atomic E-state index is 12.4. The third-order valence-electron chi connectivity index (χ3n) is 3.27. The number of hydrogen-bond donors (Lipinski definition) is 4. The average Bonchev–Trinajstić information content (AvgIpc) is 3.00. The molecule has 0 spiro atoms. The number of hydrogen-bond acceptors (Lipinski definition) is 7. The van der Waals surface area contributed by atoms with Gasteiger partial charge in [0.05, 0.1) is 6.54 Å². The number of ether oxygens (including phenoxy) is 1. The normalized spacial score (nSPS) is 21.8. The second-order valence-electron chi connectivity index (χ2n) is 4.77. The zero-order valence-electron chi connectivity index (χ0n) is 12.3. The van der Waals surface area contributed by atoms with Gasteiger partial charge in [-0.05, 0) is 11.4 Å². The van der Waals surface area contributed by atoms with Gasteiger partial charge < -0.3 is 21.1 Å². The molecule has 1 aromatic heterocycles. The minimum atomic E-state index is -4.75. The standard InChI is InChI=1S/C11H14N4O7S2/c1-22-11(5-15(9(11)17)24(19,20)21)14-8(16)7(13-10(12)18)6-3-2-4-23-6/h2-4,7H,5H2,1H3,(H,14,16)(H3,12,13,18)(H,19,20,21)/t7-,11-/m1/s1. The zero-order valence-corrected chi connectivity index (χ0v) is 13.9. The van der Waals surface area contributed by atoms with Gasteiger partial charge in [0.1, 0.15) is 6.04 Å². The molecule has 1 saturated heterocycles. The number of rotatable bonds is 6. The summed E-state index contributed by atoms with van der Waals surface area (Å²) >= 11 is 1.16. The van der Waals surface area contributed by atoms with Crippen molar-refractivity contribution in [1.29, 1.82) is 0 Å². The molecule has 2 heterocycles. The van der Waals surface area contributed by atoms with E-state index >= 15 is 0 Å². The fourth-order valence-electron chi connectivity index (χ4n) is 2.07. The van der Waals surface area contributed by atoms with Crippen molar-refractivity contribution in [2.45, 2.75) is 11.8 Å². The van der Waals surface area contributed by atoms with Crippen molar-refractivity contribution in [1.82, 2.24) is 14.9 Å². The van der Waals surface area contributed by atoms with Crippen LogP contribution in [0.25, 0.3) is 0 Å². The van der Waals surface area contributed by atoms with E-state index in [1.54, 1.807) is 17.5 Å². The molecule has 5 N–H and O–H groups in total.